The maximum absolute atomic E-state index is 13.1. The Bertz CT molecular complexity index is 1450. The van der Waals surface area contributed by atoms with E-state index in [1.54, 1.807) is 36.1 Å². The van der Waals surface area contributed by atoms with Crippen LogP contribution < -0.4 is 5.32 Å². The standard InChI is InChI=1S/C29H24ClF6N3O2/c1-17-24(26(40)41-2)25(20-7-13-23(30)14-8-20)38-27(37-15-18-3-9-21(10-4-18)28(31,32)33)39(17)16-19-5-11-22(12-6-19)29(34,35)36/h3-14,25H,15-16H2,1-2H3,(H,37,38). The number of nitrogens with zero attached hydrogens (tertiary/aromatic N) is 2. The molecule has 1 atom stereocenters. The van der Waals surface area contributed by atoms with Crippen molar-refractivity contribution >= 4 is 23.5 Å². The second-order valence-electron chi connectivity index (χ2n) is 9.23. The van der Waals surface area contributed by atoms with E-state index in [9.17, 15) is 31.1 Å². The molecule has 0 fully saturated rings. The fourth-order valence-electron chi connectivity index (χ4n) is 4.34. The monoisotopic (exact) mass is 595 g/mol. The van der Waals surface area contributed by atoms with Crippen LogP contribution in [0.2, 0.25) is 5.02 Å². The van der Waals surface area contributed by atoms with Crippen LogP contribution in [0.25, 0.3) is 0 Å². The van der Waals surface area contributed by atoms with Gasteiger partial charge in [-0.25, -0.2) is 9.79 Å². The zero-order valence-electron chi connectivity index (χ0n) is 21.8. The lowest BCUT2D eigenvalue weighted by Crippen LogP contribution is -2.48. The zero-order chi connectivity index (χ0) is 29.9. The van der Waals surface area contributed by atoms with Gasteiger partial charge in [0.1, 0.15) is 0 Å². The second kappa shape index (κ2) is 11.9. The maximum Gasteiger partial charge on any atom is 0.416 e. The molecule has 0 spiro atoms. The lowest BCUT2D eigenvalue weighted by molar-refractivity contribution is -0.138. The van der Waals surface area contributed by atoms with Crippen molar-refractivity contribution in [2.75, 3.05) is 7.11 Å². The molecule has 5 nitrogen and oxygen atoms in total. The van der Waals surface area contributed by atoms with Crippen molar-refractivity contribution in [3.05, 3.63) is 117 Å². The molecule has 0 bridgehead atoms. The molecule has 0 saturated carbocycles. The zero-order valence-corrected chi connectivity index (χ0v) is 22.5. The molecule has 41 heavy (non-hydrogen) atoms. The summed E-state index contributed by atoms with van der Waals surface area (Å²) in [5.74, 6) is -0.371. The largest absolute Gasteiger partial charge is 0.466 e. The Morgan fingerprint density at radius 1 is 0.878 bits per heavy atom. The molecule has 3 aromatic rings. The van der Waals surface area contributed by atoms with E-state index in [2.05, 4.69) is 10.3 Å². The van der Waals surface area contributed by atoms with Crippen LogP contribution in [0.4, 0.5) is 26.3 Å². The van der Waals surface area contributed by atoms with Gasteiger partial charge in [-0.05, 0) is 60.0 Å². The number of allylic oxidation sites excluding steroid dienone is 1. The van der Waals surface area contributed by atoms with Gasteiger partial charge in [-0.15, -0.1) is 0 Å². The van der Waals surface area contributed by atoms with Gasteiger partial charge in [0.15, 0.2) is 5.96 Å². The van der Waals surface area contributed by atoms with Crippen LogP contribution in [0.5, 0.6) is 0 Å². The Morgan fingerprint density at radius 2 is 1.39 bits per heavy atom. The summed E-state index contributed by atoms with van der Waals surface area (Å²) in [5.41, 5.74) is 0.723. The summed E-state index contributed by atoms with van der Waals surface area (Å²) in [6, 6.07) is 15.1. The third-order valence-corrected chi connectivity index (χ3v) is 6.79. The number of hydrogen-bond donors (Lipinski definition) is 1. The molecular weight excluding hydrogens is 572 g/mol. The number of hydrogen-bond acceptors (Lipinski definition) is 3. The molecule has 0 aromatic heterocycles. The lowest BCUT2D eigenvalue weighted by Gasteiger charge is -2.38. The molecule has 0 amide bonds. The van der Waals surface area contributed by atoms with Crippen LogP contribution in [0.3, 0.4) is 0 Å². The van der Waals surface area contributed by atoms with Crippen molar-refractivity contribution in [1.29, 1.82) is 0 Å². The van der Waals surface area contributed by atoms with Crippen molar-refractivity contribution in [2.45, 2.75) is 38.4 Å². The first kappa shape index (κ1) is 30.0. The molecule has 1 aliphatic heterocycles. The Morgan fingerprint density at radius 3 is 1.88 bits per heavy atom. The highest BCUT2D eigenvalue weighted by atomic mass is 35.5. The molecule has 0 saturated heterocycles. The van der Waals surface area contributed by atoms with E-state index >= 15 is 0 Å². The Hall–Kier alpha value is -3.99. The molecule has 1 N–H and O–H groups in total. The summed E-state index contributed by atoms with van der Waals surface area (Å²) in [6.45, 7) is 1.68. The molecule has 0 radical (unpaired) electrons. The first-order valence-electron chi connectivity index (χ1n) is 12.2. The molecule has 1 heterocycles. The number of halogens is 7. The number of nitrogens with one attached hydrogen (secondary N) is 1. The van der Waals surface area contributed by atoms with Gasteiger partial charge in [-0.2, -0.15) is 26.3 Å². The van der Waals surface area contributed by atoms with Crippen molar-refractivity contribution in [3.63, 3.8) is 0 Å². The van der Waals surface area contributed by atoms with E-state index in [1.807, 2.05) is 0 Å². The molecular formula is C29H24ClF6N3O2. The smallest absolute Gasteiger partial charge is 0.416 e. The summed E-state index contributed by atoms with van der Waals surface area (Å²) in [7, 11) is 1.23. The molecule has 0 aliphatic carbocycles. The molecule has 4 rings (SSSR count). The minimum absolute atomic E-state index is 0.0157. The Labute approximate surface area is 237 Å². The quantitative estimate of drug-likeness (QED) is 0.236. The highest BCUT2D eigenvalue weighted by Gasteiger charge is 2.36. The van der Waals surface area contributed by atoms with E-state index in [-0.39, 0.29) is 24.6 Å². The Balaban J connectivity index is 1.76. The van der Waals surface area contributed by atoms with Gasteiger partial charge in [0.25, 0.3) is 0 Å². The highest BCUT2D eigenvalue weighted by Crippen LogP contribution is 2.34. The molecule has 12 heteroatoms. The van der Waals surface area contributed by atoms with Crippen LogP contribution in [0.15, 0.2) is 89.1 Å². The Kier molecular flexibility index (Phi) is 8.67. The normalized spacial score (nSPS) is 17.0. The van der Waals surface area contributed by atoms with E-state index in [4.69, 9.17) is 16.3 Å². The number of carbonyl (C=O) groups excluding carboxylic acids is 1. The molecule has 1 unspecified atom stereocenters. The third kappa shape index (κ3) is 7.02. The number of guanidine groups is 1. The van der Waals surface area contributed by atoms with Gasteiger partial charge < -0.3 is 15.0 Å². The fraction of sp³-hybridized carbons (Fsp3) is 0.241. The topological polar surface area (TPSA) is 53.9 Å². The first-order chi connectivity index (χ1) is 19.3. The van der Waals surface area contributed by atoms with Crippen LogP contribution in [-0.2, 0) is 35.0 Å². The number of ether oxygens (including phenoxy) is 1. The number of benzene rings is 3. The van der Waals surface area contributed by atoms with Gasteiger partial charge in [-0.1, -0.05) is 48.0 Å². The van der Waals surface area contributed by atoms with Crippen LogP contribution in [-0.4, -0.2) is 23.9 Å². The minimum atomic E-state index is -4.50. The van der Waals surface area contributed by atoms with Gasteiger partial charge in [0.2, 0.25) is 0 Å². The van der Waals surface area contributed by atoms with Crippen molar-refractivity contribution in [1.82, 2.24) is 10.2 Å². The molecule has 1 aliphatic rings. The number of methoxy groups -OCH3 is 1. The van der Waals surface area contributed by atoms with Gasteiger partial charge in [-0.3, -0.25) is 0 Å². The van der Waals surface area contributed by atoms with Gasteiger partial charge in [0, 0.05) is 10.7 Å². The van der Waals surface area contributed by atoms with Crippen LogP contribution >= 0.6 is 11.6 Å². The molecule has 3 aromatic carbocycles. The summed E-state index contributed by atoms with van der Waals surface area (Å²) < 4.78 is 83.3. The average molecular weight is 596 g/mol. The fourth-order valence-corrected chi connectivity index (χ4v) is 4.47. The van der Waals surface area contributed by atoms with E-state index in [0.717, 1.165) is 24.3 Å². The van der Waals surface area contributed by atoms with Crippen molar-refractivity contribution < 1.29 is 35.9 Å². The second-order valence-corrected chi connectivity index (χ2v) is 9.67. The summed E-state index contributed by atoms with van der Waals surface area (Å²) in [4.78, 5) is 19.2. The number of carbonyl (C=O) groups is 1. The maximum atomic E-state index is 13.1. The lowest BCUT2D eigenvalue weighted by atomic mass is 9.94. The van der Waals surface area contributed by atoms with Crippen LogP contribution in [0.1, 0.15) is 40.8 Å². The van der Waals surface area contributed by atoms with E-state index < -0.39 is 35.5 Å². The predicted octanol–water partition coefficient (Wildman–Crippen LogP) is 7.53. The average Bonchev–Trinajstić information content (AvgIpc) is 2.93. The van der Waals surface area contributed by atoms with Crippen molar-refractivity contribution in [2.24, 2.45) is 4.99 Å². The number of alkyl halides is 6. The minimum Gasteiger partial charge on any atom is -0.466 e. The van der Waals surface area contributed by atoms with Crippen LogP contribution in [0, 0.1) is 0 Å². The van der Waals surface area contributed by atoms with Crippen molar-refractivity contribution in [3.8, 4) is 0 Å². The van der Waals surface area contributed by atoms with Gasteiger partial charge in [0.05, 0.1) is 42.9 Å². The van der Waals surface area contributed by atoms with Gasteiger partial charge >= 0.3 is 18.3 Å². The summed E-state index contributed by atoms with van der Waals surface area (Å²) in [6.07, 6.45) is -8.98. The third-order valence-electron chi connectivity index (χ3n) is 6.54. The first-order valence-corrected chi connectivity index (χ1v) is 12.6. The van der Waals surface area contributed by atoms with E-state index in [1.165, 1.54) is 31.4 Å². The SMILES string of the molecule is COC(=O)C1=C(C)N(Cc2ccc(C(F)(F)F)cc2)C(=NCc2ccc(C(F)(F)F)cc2)NC1c1ccc(Cl)cc1. The highest BCUT2D eigenvalue weighted by molar-refractivity contribution is 6.30. The number of esters is 1. The van der Waals surface area contributed by atoms with E-state index in [0.29, 0.717) is 27.4 Å². The summed E-state index contributed by atoms with van der Waals surface area (Å²) in [5, 5.41) is 3.69. The molecule has 216 valence electrons. The number of rotatable bonds is 6. The number of aliphatic imine (C=N–C) groups is 1. The predicted molar refractivity (Wildman–Crippen MR) is 142 cm³/mol. The summed E-state index contributed by atoms with van der Waals surface area (Å²) >= 11 is 6.05.